The first-order chi connectivity index (χ1) is 12.9. The molecule has 0 aliphatic rings. The van der Waals surface area contributed by atoms with E-state index in [0.717, 1.165) is 6.08 Å². The van der Waals surface area contributed by atoms with Crippen LogP contribution in [-0.2, 0) is 23.8 Å². The van der Waals surface area contributed by atoms with Crippen molar-refractivity contribution in [3.8, 4) is 0 Å². The van der Waals surface area contributed by atoms with Gasteiger partial charge in [-0.2, -0.15) is 0 Å². The van der Waals surface area contributed by atoms with Gasteiger partial charge in [0.05, 0.1) is 12.7 Å². The third-order valence-corrected chi connectivity index (χ3v) is 5.77. The van der Waals surface area contributed by atoms with Crippen LogP contribution >= 0.6 is 0 Å². The highest BCUT2D eigenvalue weighted by Crippen LogP contribution is 2.37. The van der Waals surface area contributed by atoms with Crippen LogP contribution in [0.5, 0.6) is 0 Å². The Labute approximate surface area is 176 Å². The minimum absolute atomic E-state index is 0.0945. The third kappa shape index (κ3) is 8.03. The van der Waals surface area contributed by atoms with Crippen LogP contribution in [0.15, 0.2) is 25.3 Å². The second-order valence-electron chi connectivity index (χ2n) is 9.64. The van der Waals surface area contributed by atoms with Crippen molar-refractivity contribution in [1.29, 1.82) is 0 Å². The Hall–Kier alpha value is -1.50. The topological polar surface area (TPSA) is 87.8 Å². The van der Waals surface area contributed by atoms with E-state index in [4.69, 9.17) is 19.9 Å². The standard InChI is InChI=1S/C23H41NO5/c1-12-18(25)22(9,10)28-17(4)14-20(5,6)23(11,24)27-15-16(3)21(7,8)29-19(26)13-2/h12-13,16-17H,1-2,14-15,24H2,3-11H3. The molecule has 0 aromatic rings. The molecule has 3 unspecified atom stereocenters. The Kier molecular flexibility index (Phi) is 9.49. The van der Waals surface area contributed by atoms with Gasteiger partial charge in [0.25, 0.3) is 0 Å². The fraction of sp³-hybridized carbons (Fsp3) is 0.739. The minimum Gasteiger partial charge on any atom is -0.456 e. The van der Waals surface area contributed by atoms with Crippen LogP contribution in [0.1, 0.15) is 68.7 Å². The van der Waals surface area contributed by atoms with Gasteiger partial charge in [0.2, 0.25) is 0 Å². The summed E-state index contributed by atoms with van der Waals surface area (Å²) in [6.45, 7) is 24.1. The van der Waals surface area contributed by atoms with Gasteiger partial charge < -0.3 is 19.9 Å². The zero-order valence-electron chi connectivity index (χ0n) is 19.8. The molecule has 0 aliphatic carbocycles. The summed E-state index contributed by atoms with van der Waals surface area (Å²) in [4.78, 5) is 23.5. The lowest BCUT2D eigenvalue weighted by atomic mass is 9.77. The molecule has 0 saturated heterocycles. The second kappa shape index (κ2) is 10.0. The molecule has 6 nitrogen and oxygen atoms in total. The number of esters is 1. The number of carbonyl (C=O) groups is 2. The Balaban J connectivity index is 5.04. The molecule has 0 rings (SSSR count). The number of carbonyl (C=O) groups excluding carboxylic acids is 2. The summed E-state index contributed by atoms with van der Waals surface area (Å²) in [6, 6.07) is 0. The van der Waals surface area contributed by atoms with E-state index in [-0.39, 0.29) is 17.8 Å². The van der Waals surface area contributed by atoms with Gasteiger partial charge in [-0.25, -0.2) is 4.79 Å². The molecule has 0 amide bonds. The average molecular weight is 412 g/mol. The summed E-state index contributed by atoms with van der Waals surface area (Å²) in [7, 11) is 0. The van der Waals surface area contributed by atoms with Crippen molar-refractivity contribution < 1.29 is 23.8 Å². The molecule has 168 valence electrons. The van der Waals surface area contributed by atoms with E-state index in [1.54, 1.807) is 13.8 Å². The Morgan fingerprint density at radius 2 is 1.52 bits per heavy atom. The van der Waals surface area contributed by atoms with Gasteiger partial charge in [0.15, 0.2) is 5.78 Å². The van der Waals surface area contributed by atoms with Crippen molar-refractivity contribution in [3.63, 3.8) is 0 Å². The summed E-state index contributed by atoms with van der Waals surface area (Å²) >= 11 is 0. The first-order valence-corrected chi connectivity index (χ1v) is 10.0. The number of hydrogen-bond donors (Lipinski definition) is 1. The molecular formula is C23H41NO5. The number of ether oxygens (including phenoxy) is 3. The molecule has 0 aromatic carbocycles. The van der Waals surface area contributed by atoms with E-state index < -0.39 is 28.3 Å². The Morgan fingerprint density at radius 1 is 1.00 bits per heavy atom. The predicted molar refractivity (Wildman–Crippen MR) is 116 cm³/mol. The van der Waals surface area contributed by atoms with Gasteiger partial charge in [0, 0.05) is 17.4 Å². The Morgan fingerprint density at radius 3 is 1.97 bits per heavy atom. The lowest BCUT2D eigenvalue weighted by Crippen LogP contribution is -2.55. The fourth-order valence-electron chi connectivity index (χ4n) is 2.87. The van der Waals surface area contributed by atoms with Gasteiger partial charge in [-0.3, -0.25) is 4.79 Å². The second-order valence-corrected chi connectivity index (χ2v) is 9.64. The summed E-state index contributed by atoms with van der Waals surface area (Å²) < 4.78 is 17.5. The molecule has 0 spiro atoms. The molecule has 2 N–H and O–H groups in total. The normalized spacial score (nSPS) is 17.0. The van der Waals surface area contributed by atoms with Crippen molar-refractivity contribution in [3.05, 3.63) is 25.3 Å². The van der Waals surface area contributed by atoms with Crippen LogP contribution in [0, 0.1) is 11.3 Å². The number of nitrogens with two attached hydrogens (primary N) is 1. The quantitative estimate of drug-likeness (QED) is 0.278. The molecule has 0 aliphatic heterocycles. The average Bonchev–Trinajstić information content (AvgIpc) is 2.56. The van der Waals surface area contributed by atoms with Crippen LogP contribution in [0.3, 0.4) is 0 Å². The third-order valence-electron chi connectivity index (χ3n) is 5.77. The van der Waals surface area contributed by atoms with E-state index >= 15 is 0 Å². The lowest BCUT2D eigenvalue weighted by Gasteiger charge is -2.44. The predicted octanol–water partition coefficient (Wildman–Crippen LogP) is 4.18. The maximum absolute atomic E-state index is 12.0. The van der Waals surface area contributed by atoms with Crippen LogP contribution in [0.2, 0.25) is 0 Å². The zero-order chi connectivity index (χ0) is 23.3. The molecule has 0 heterocycles. The molecule has 0 saturated carbocycles. The largest absolute Gasteiger partial charge is 0.456 e. The van der Waals surface area contributed by atoms with Gasteiger partial charge in [-0.15, -0.1) is 0 Å². The van der Waals surface area contributed by atoms with E-state index in [1.165, 1.54) is 6.08 Å². The molecular weight excluding hydrogens is 370 g/mol. The Bertz CT molecular complexity index is 604. The summed E-state index contributed by atoms with van der Waals surface area (Å²) in [5, 5.41) is 0. The van der Waals surface area contributed by atoms with Crippen molar-refractivity contribution in [1.82, 2.24) is 0 Å². The lowest BCUT2D eigenvalue weighted by molar-refractivity contribution is -0.172. The zero-order valence-corrected chi connectivity index (χ0v) is 19.8. The van der Waals surface area contributed by atoms with Gasteiger partial charge in [0.1, 0.15) is 16.9 Å². The van der Waals surface area contributed by atoms with E-state index in [9.17, 15) is 9.59 Å². The monoisotopic (exact) mass is 411 g/mol. The molecule has 0 bridgehead atoms. The van der Waals surface area contributed by atoms with Gasteiger partial charge in [-0.1, -0.05) is 33.9 Å². The fourth-order valence-corrected chi connectivity index (χ4v) is 2.87. The molecule has 6 heteroatoms. The van der Waals surface area contributed by atoms with Crippen LogP contribution in [-0.4, -0.2) is 41.4 Å². The first kappa shape index (κ1) is 27.5. The molecule has 0 aromatic heterocycles. The highest BCUT2D eigenvalue weighted by Gasteiger charge is 2.42. The van der Waals surface area contributed by atoms with E-state index in [1.807, 2.05) is 48.5 Å². The van der Waals surface area contributed by atoms with Crippen molar-refractivity contribution in [2.75, 3.05) is 6.61 Å². The maximum Gasteiger partial charge on any atom is 0.330 e. The smallest absolute Gasteiger partial charge is 0.330 e. The van der Waals surface area contributed by atoms with Crippen molar-refractivity contribution in [2.24, 2.45) is 17.1 Å². The SMILES string of the molecule is C=CC(=O)OC(C)(C)C(C)COC(C)(N)C(C)(C)CC(C)OC(C)(C)C(=O)C=C. The first-order valence-electron chi connectivity index (χ1n) is 10.0. The van der Waals surface area contributed by atoms with Gasteiger partial charge in [-0.05, 0) is 54.0 Å². The van der Waals surface area contributed by atoms with Crippen LogP contribution < -0.4 is 5.73 Å². The molecule has 0 radical (unpaired) electrons. The number of rotatable bonds is 13. The summed E-state index contributed by atoms with van der Waals surface area (Å²) in [5.41, 5.74) is 3.43. The van der Waals surface area contributed by atoms with E-state index in [0.29, 0.717) is 13.0 Å². The van der Waals surface area contributed by atoms with Gasteiger partial charge >= 0.3 is 5.97 Å². The molecule has 29 heavy (non-hydrogen) atoms. The van der Waals surface area contributed by atoms with Crippen LogP contribution in [0.4, 0.5) is 0 Å². The minimum atomic E-state index is -0.968. The summed E-state index contributed by atoms with van der Waals surface area (Å²) in [6.07, 6.45) is 2.77. The van der Waals surface area contributed by atoms with Crippen molar-refractivity contribution >= 4 is 11.8 Å². The highest BCUT2D eigenvalue weighted by molar-refractivity contribution is 5.95. The highest BCUT2D eigenvalue weighted by atomic mass is 16.6. The van der Waals surface area contributed by atoms with Crippen molar-refractivity contribution in [2.45, 2.75) is 91.8 Å². The molecule has 0 fully saturated rings. The number of ketones is 1. The van der Waals surface area contributed by atoms with E-state index in [2.05, 4.69) is 13.2 Å². The maximum atomic E-state index is 12.0. The molecule has 3 atom stereocenters. The van der Waals surface area contributed by atoms with Crippen LogP contribution in [0.25, 0.3) is 0 Å². The summed E-state index contributed by atoms with van der Waals surface area (Å²) in [5.74, 6) is -0.734. The number of hydrogen-bond acceptors (Lipinski definition) is 6.